The lowest BCUT2D eigenvalue weighted by Gasteiger charge is -2.29. The molecule has 242 valence electrons. The van der Waals surface area contributed by atoms with Crippen LogP contribution in [0.15, 0.2) is 176 Å². The molecule has 0 bridgehead atoms. The van der Waals surface area contributed by atoms with E-state index in [0.717, 1.165) is 11.4 Å². The maximum absolute atomic E-state index is 2.48. The second-order valence-corrected chi connectivity index (χ2v) is 15.2. The standard InChI is InChI=1S/C49H35NS/c1-49(2)43-21-11-9-18-37(43)38-29-28-36(30-44(38)49)50(35-26-24-33(25-27-35)32-14-5-3-6-15-32)45-22-13-20-39-42(45)31-41(34-16-7-4-8-17-34)47-40-19-10-12-23-46(40)51-48(39)47/h3-31H,1-2H3. The highest BCUT2D eigenvalue weighted by molar-refractivity contribution is 7.26. The van der Waals surface area contributed by atoms with Gasteiger partial charge < -0.3 is 4.90 Å². The molecular formula is C49H35NS. The third-order valence-electron chi connectivity index (χ3n) is 10.9. The van der Waals surface area contributed by atoms with Crippen molar-refractivity contribution in [3.63, 3.8) is 0 Å². The average molecular weight is 670 g/mol. The SMILES string of the molecule is CC1(C)c2ccccc2-c2ccc(N(c3ccc(-c4ccccc4)cc3)c3cccc4c3cc(-c3ccccc3)c3c5ccccc5sc43)cc21. The molecule has 0 aliphatic heterocycles. The molecule has 51 heavy (non-hydrogen) atoms. The van der Waals surface area contributed by atoms with Gasteiger partial charge in [-0.15, -0.1) is 11.3 Å². The zero-order valence-electron chi connectivity index (χ0n) is 28.6. The number of rotatable bonds is 5. The van der Waals surface area contributed by atoms with E-state index in [1.165, 1.54) is 81.1 Å². The van der Waals surface area contributed by atoms with E-state index in [4.69, 9.17) is 0 Å². The first-order valence-electron chi connectivity index (χ1n) is 17.7. The molecule has 1 aromatic heterocycles. The summed E-state index contributed by atoms with van der Waals surface area (Å²) < 4.78 is 2.65. The van der Waals surface area contributed by atoms with E-state index in [2.05, 4.69) is 195 Å². The first-order chi connectivity index (χ1) is 25.1. The van der Waals surface area contributed by atoms with Gasteiger partial charge in [-0.25, -0.2) is 0 Å². The van der Waals surface area contributed by atoms with Crippen LogP contribution in [0.3, 0.4) is 0 Å². The third-order valence-corrected chi connectivity index (χ3v) is 12.1. The number of nitrogens with zero attached hydrogens (tertiary/aromatic N) is 1. The summed E-state index contributed by atoms with van der Waals surface area (Å²) >= 11 is 1.90. The molecule has 0 N–H and O–H groups in total. The van der Waals surface area contributed by atoms with Crippen LogP contribution in [0.2, 0.25) is 0 Å². The third kappa shape index (κ3) is 4.67. The molecule has 0 radical (unpaired) electrons. The number of fused-ring (bicyclic) bond motifs is 8. The van der Waals surface area contributed by atoms with Crippen LogP contribution in [0.5, 0.6) is 0 Å². The van der Waals surface area contributed by atoms with Gasteiger partial charge >= 0.3 is 0 Å². The van der Waals surface area contributed by atoms with E-state index < -0.39 is 0 Å². The second-order valence-electron chi connectivity index (χ2n) is 14.1. The van der Waals surface area contributed by atoms with E-state index in [1.54, 1.807) is 0 Å². The maximum atomic E-state index is 2.48. The van der Waals surface area contributed by atoms with E-state index in [0.29, 0.717) is 0 Å². The fourth-order valence-corrected chi connectivity index (χ4v) is 9.61. The van der Waals surface area contributed by atoms with Crippen molar-refractivity contribution in [2.24, 2.45) is 0 Å². The number of benzene rings is 8. The molecule has 1 aliphatic rings. The molecule has 8 aromatic carbocycles. The van der Waals surface area contributed by atoms with Crippen molar-refractivity contribution < 1.29 is 0 Å². The lowest BCUT2D eigenvalue weighted by atomic mass is 9.82. The lowest BCUT2D eigenvalue weighted by Crippen LogP contribution is -2.16. The van der Waals surface area contributed by atoms with Gasteiger partial charge in [-0.2, -0.15) is 0 Å². The monoisotopic (exact) mass is 669 g/mol. The van der Waals surface area contributed by atoms with Crippen LogP contribution in [0.25, 0.3) is 64.3 Å². The normalized spacial score (nSPS) is 13.1. The van der Waals surface area contributed by atoms with Crippen LogP contribution < -0.4 is 4.90 Å². The molecule has 1 heterocycles. The summed E-state index contributed by atoms with van der Waals surface area (Å²) in [6.45, 7) is 4.73. The number of thiophene rings is 1. The molecule has 0 saturated carbocycles. The van der Waals surface area contributed by atoms with E-state index in [1.807, 2.05) is 11.3 Å². The number of hydrogen-bond acceptors (Lipinski definition) is 2. The highest BCUT2D eigenvalue weighted by Crippen LogP contribution is 2.52. The predicted octanol–water partition coefficient (Wildman–Crippen LogP) is 14.3. The summed E-state index contributed by atoms with van der Waals surface area (Å²) in [5, 5.41) is 5.17. The Bertz CT molecular complexity index is 2760. The van der Waals surface area contributed by atoms with Crippen LogP contribution in [0.1, 0.15) is 25.0 Å². The van der Waals surface area contributed by atoms with Gasteiger partial charge in [-0.3, -0.25) is 0 Å². The van der Waals surface area contributed by atoms with E-state index in [9.17, 15) is 0 Å². The van der Waals surface area contributed by atoms with E-state index in [-0.39, 0.29) is 5.41 Å². The van der Waals surface area contributed by atoms with Crippen molar-refractivity contribution in [2.45, 2.75) is 19.3 Å². The smallest absolute Gasteiger partial charge is 0.0540 e. The summed E-state index contributed by atoms with van der Waals surface area (Å²) in [7, 11) is 0. The first-order valence-corrected chi connectivity index (χ1v) is 18.5. The summed E-state index contributed by atoms with van der Waals surface area (Å²) in [6.07, 6.45) is 0. The molecule has 9 aromatic rings. The Morgan fingerprint density at radius 3 is 1.86 bits per heavy atom. The fourth-order valence-electron chi connectivity index (χ4n) is 8.35. The highest BCUT2D eigenvalue weighted by atomic mass is 32.1. The largest absolute Gasteiger partial charge is 0.310 e. The van der Waals surface area contributed by atoms with Crippen LogP contribution in [-0.4, -0.2) is 0 Å². The summed E-state index contributed by atoms with van der Waals surface area (Å²) in [4.78, 5) is 2.48. The summed E-state index contributed by atoms with van der Waals surface area (Å²) in [5.41, 5.74) is 13.7. The molecule has 0 saturated heterocycles. The number of hydrogen-bond donors (Lipinski definition) is 0. The minimum absolute atomic E-state index is 0.104. The topological polar surface area (TPSA) is 3.24 Å². The van der Waals surface area contributed by atoms with Crippen molar-refractivity contribution in [3.05, 3.63) is 187 Å². The lowest BCUT2D eigenvalue weighted by molar-refractivity contribution is 0.660. The molecule has 1 nitrogen and oxygen atoms in total. The molecule has 10 rings (SSSR count). The van der Waals surface area contributed by atoms with Crippen molar-refractivity contribution in [1.82, 2.24) is 0 Å². The maximum Gasteiger partial charge on any atom is 0.0540 e. The average Bonchev–Trinajstić information content (AvgIpc) is 3.69. The van der Waals surface area contributed by atoms with Crippen molar-refractivity contribution >= 4 is 59.3 Å². The van der Waals surface area contributed by atoms with Crippen LogP contribution in [0.4, 0.5) is 17.1 Å². The summed E-state index contributed by atoms with van der Waals surface area (Å²) in [5.74, 6) is 0. The summed E-state index contributed by atoms with van der Waals surface area (Å²) in [6, 6.07) is 64.8. The molecule has 0 unspecified atom stereocenters. The molecule has 0 fully saturated rings. The Balaban J connectivity index is 1.25. The minimum Gasteiger partial charge on any atom is -0.310 e. The fraction of sp³-hybridized carbons (Fsp3) is 0.0612. The van der Waals surface area contributed by atoms with Gasteiger partial charge in [-0.05, 0) is 87.0 Å². The van der Waals surface area contributed by atoms with Gasteiger partial charge in [0.15, 0.2) is 0 Å². The molecule has 0 atom stereocenters. The molecule has 0 amide bonds. The van der Waals surface area contributed by atoms with Gasteiger partial charge in [0.25, 0.3) is 0 Å². The van der Waals surface area contributed by atoms with Crippen LogP contribution >= 0.6 is 11.3 Å². The van der Waals surface area contributed by atoms with Crippen LogP contribution in [-0.2, 0) is 5.41 Å². The Kier molecular flexibility index (Phi) is 6.78. The van der Waals surface area contributed by atoms with Gasteiger partial charge in [0.2, 0.25) is 0 Å². The van der Waals surface area contributed by atoms with Gasteiger partial charge in [0.1, 0.15) is 0 Å². The molecule has 0 spiro atoms. The zero-order chi connectivity index (χ0) is 34.1. The molecule has 1 aliphatic carbocycles. The Hall–Kier alpha value is -5.96. The first kappa shape index (κ1) is 29.9. The van der Waals surface area contributed by atoms with Gasteiger partial charge in [0, 0.05) is 47.7 Å². The van der Waals surface area contributed by atoms with Crippen LogP contribution in [0, 0.1) is 0 Å². The Morgan fingerprint density at radius 2 is 1.06 bits per heavy atom. The minimum atomic E-state index is -0.104. The molecule has 2 heteroatoms. The van der Waals surface area contributed by atoms with Gasteiger partial charge in [-0.1, -0.05) is 147 Å². The van der Waals surface area contributed by atoms with Gasteiger partial charge in [0.05, 0.1) is 5.69 Å². The Morgan fingerprint density at radius 1 is 0.431 bits per heavy atom. The van der Waals surface area contributed by atoms with E-state index >= 15 is 0 Å². The highest BCUT2D eigenvalue weighted by Gasteiger charge is 2.36. The Labute approximate surface area is 302 Å². The van der Waals surface area contributed by atoms with Crippen molar-refractivity contribution in [3.8, 4) is 33.4 Å². The van der Waals surface area contributed by atoms with Crippen molar-refractivity contribution in [1.29, 1.82) is 0 Å². The quantitative estimate of drug-likeness (QED) is 0.176. The molecular weight excluding hydrogens is 635 g/mol. The predicted molar refractivity (Wildman–Crippen MR) is 220 cm³/mol. The zero-order valence-corrected chi connectivity index (χ0v) is 29.4. The second kappa shape index (κ2) is 11.6. The van der Waals surface area contributed by atoms with Crippen molar-refractivity contribution in [2.75, 3.05) is 4.90 Å². The number of anilines is 3.